The van der Waals surface area contributed by atoms with Gasteiger partial charge in [0.1, 0.15) is 5.75 Å². The number of benzene rings is 2. The standard InChI is InChI=1S/C26H37N3O3S/c1-32-25-10-5-3-8-22(25)20-27-14-7-15-29(19-18-27)24-12-16-28(17-13-24)21-23-9-4-6-11-26(23)33(2,30)31/h3-6,8-11,24H,7,12-21H2,1-2H3. The summed E-state index contributed by atoms with van der Waals surface area (Å²) in [4.78, 5) is 8.11. The number of ether oxygens (including phenoxy) is 1. The summed E-state index contributed by atoms with van der Waals surface area (Å²) in [6, 6.07) is 16.4. The smallest absolute Gasteiger partial charge is 0.175 e. The maximum absolute atomic E-state index is 12.1. The Kier molecular flexibility index (Phi) is 8.07. The molecule has 2 heterocycles. The number of para-hydroxylation sites is 1. The summed E-state index contributed by atoms with van der Waals surface area (Å²) in [7, 11) is -1.45. The van der Waals surface area contributed by atoms with E-state index >= 15 is 0 Å². The molecule has 2 aromatic carbocycles. The number of nitrogens with zero attached hydrogens (tertiary/aromatic N) is 3. The van der Waals surface area contributed by atoms with E-state index in [0.29, 0.717) is 17.5 Å². The number of sulfone groups is 1. The predicted octanol–water partition coefficient (Wildman–Crippen LogP) is 3.27. The van der Waals surface area contributed by atoms with Gasteiger partial charge in [0.25, 0.3) is 0 Å². The van der Waals surface area contributed by atoms with E-state index in [1.807, 2.05) is 30.3 Å². The molecule has 7 heteroatoms. The van der Waals surface area contributed by atoms with Crippen molar-refractivity contribution in [2.24, 2.45) is 0 Å². The van der Waals surface area contributed by atoms with Gasteiger partial charge in [-0.2, -0.15) is 0 Å². The molecule has 6 nitrogen and oxygen atoms in total. The van der Waals surface area contributed by atoms with Gasteiger partial charge in [-0.1, -0.05) is 36.4 Å². The van der Waals surface area contributed by atoms with Crippen molar-refractivity contribution in [3.8, 4) is 5.75 Å². The van der Waals surface area contributed by atoms with Gasteiger partial charge in [-0.25, -0.2) is 8.42 Å². The summed E-state index contributed by atoms with van der Waals surface area (Å²) < 4.78 is 29.8. The summed E-state index contributed by atoms with van der Waals surface area (Å²) in [5.41, 5.74) is 2.18. The Labute approximate surface area is 199 Å². The summed E-state index contributed by atoms with van der Waals surface area (Å²) in [6.07, 6.45) is 4.78. The van der Waals surface area contributed by atoms with Crippen LogP contribution >= 0.6 is 0 Å². The molecule has 33 heavy (non-hydrogen) atoms. The van der Waals surface area contributed by atoms with Crippen LogP contribution in [0.3, 0.4) is 0 Å². The van der Waals surface area contributed by atoms with Crippen LogP contribution in [0.15, 0.2) is 53.4 Å². The molecule has 2 aliphatic rings. The zero-order chi connectivity index (χ0) is 23.3. The van der Waals surface area contributed by atoms with Crippen LogP contribution < -0.4 is 4.74 Å². The molecule has 0 amide bonds. The Morgan fingerprint density at radius 1 is 0.818 bits per heavy atom. The summed E-state index contributed by atoms with van der Waals surface area (Å²) >= 11 is 0. The normalized spacial score (nSPS) is 19.9. The van der Waals surface area contributed by atoms with Crippen LogP contribution in [0, 0.1) is 0 Å². The first-order valence-electron chi connectivity index (χ1n) is 12.0. The third kappa shape index (κ3) is 6.35. The van der Waals surface area contributed by atoms with Crippen molar-refractivity contribution in [1.29, 1.82) is 0 Å². The number of hydrogen-bond acceptors (Lipinski definition) is 6. The largest absolute Gasteiger partial charge is 0.496 e. The fraction of sp³-hybridized carbons (Fsp3) is 0.538. The van der Waals surface area contributed by atoms with Crippen molar-refractivity contribution in [2.45, 2.75) is 43.3 Å². The second-order valence-electron chi connectivity index (χ2n) is 9.36. The molecule has 0 aromatic heterocycles. The lowest BCUT2D eigenvalue weighted by atomic mass is 10.0. The van der Waals surface area contributed by atoms with Crippen LogP contribution in [0.4, 0.5) is 0 Å². The Bertz CT molecular complexity index is 1020. The molecule has 2 aliphatic heterocycles. The lowest BCUT2D eigenvalue weighted by molar-refractivity contribution is 0.106. The first-order valence-corrected chi connectivity index (χ1v) is 13.9. The number of hydrogen-bond donors (Lipinski definition) is 0. The van der Waals surface area contributed by atoms with Crippen LogP contribution in [0.5, 0.6) is 5.75 Å². The van der Waals surface area contributed by atoms with Crippen LogP contribution in [0.1, 0.15) is 30.4 Å². The lowest BCUT2D eigenvalue weighted by Gasteiger charge is -2.38. The molecule has 180 valence electrons. The minimum Gasteiger partial charge on any atom is -0.496 e. The van der Waals surface area contributed by atoms with Gasteiger partial charge in [-0.05, 0) is 63.1 Å². The highest BCUT2D eigenvalue weighted by Crippen LogP contribution is 2.24. The Hall–Kier alpha value is -1.93. The first-order chi connectivity index (χ1) is 15.9. The van der Waals surface area contributed by atoms with E-state index in [-0.39, 0.29) is 0 Å². The molecule has 0 spiro atoms. The molecule has 0 unspecified atom stereocenters. The topological polar surface area (TPSA) is 53.1 Å². The Morgan fingerprint density at radius 2 is 1.45 bits per heavy atom. The van der Waals surface area contributed by atoms with Crippen LogP contribution in [-0.2, 0) is 22.9 Å². The number of methoxy groups -OCH3 is 1. The molecule has 0 saturated carbocycles. The fourth-order valence-corrected chi connectivity index (χ4v) is 6.20. The molecule has 4 rings (SSSR count). The van der Waals surface area contributed by atoms with E-state index in [9.17, 15) is 8.42 Å². The molecule has 0 radical (unpaired) electrons. The summed E-state index contributed by atoms with van der Waals surface area (Å²) in [5.74, 6) is 0.975. The van der Waals surface area contributed by atoms with E-state index in [4.69, 9.17) is 4.74 Å². The minimum absolute atomic E-state index is 0.467. The van der Waals surface area contributed by atoms with Gasteiger partial charge in [0.05, 0.1) is 12.0 Å². The average molecular weight is 472 g/mol. The Morgan fingerprint density at radius 3 is 2.18 bits per heavy atom. The molecular formula is C26H37N3O3S. The molecule has 0 atom stereocenters. The highest BCUT2D eigenvalue weighted by Gasteiger charge is 2.27. The van der Waals surface area contributed by atoms with Gasteiger partial charge >= 0.3 is 0 Å². The maximum atomic E-state index is 12.1. The quantitative estimate of drug-likeness (QED) is 0.618. The van der Waals surface area contributed by atoms with E-state index in [1.165, 1.54) is 18.2 Å². The van der Waals surface area contributed by atoms with Crippen LogP contribution in [0.25, 0.3) is 0 Å². The Balaban J connectivity index is 1.28. The minimum atomic E-state index is -3.20. The monoisotopic (exact) mass is 471 g/mol. The molecule has 0 bridgehead atoms. The van der Waals surface area contributed by atoms with Gasteiger partial charge in [0.2, 0.25) is 0 Å². The van der Waals surface area contributed by atoms with Crippen molar-refractivity contribution < 1.29 is 13.2 Å². The van der Waals surface area contributed by atoms with Crippen molar-refractivity contribution in [2.75, 3.05) is 52.6 Å². The molecule has 2 saturated heterocycles. The lowest BCUT2D eigenvalue weighted by Crippen LogP contribution is -2.46. The van der Waals surface area contributed by atoms with Crippen molar-refractivity contribution in [3.63, 3.8) is 0 Å². The van der Waals surface area contributed by atoms with E-state index in [0.717, 1.165) is 70.0 Å². The zero-order valence-electron chi connectivity index (χ0n) is 19.9. The highest BCUT2D eigenvalue weighted by atomic mass is 32.2. The van der Waals surface area contributed by atoms with E-state index < -0.39 is 9.84 Å². The fourth-order valence-electron chi connectivity index (χ4n) is 5.27. The molecule has 2 fully saturated rings. The number of piperidine rings is 1. The van der Waals surface area contributed by atoms with E-state index in [2.05, 4.69) is 26.8 Å². The van der Waals surface area contributed by atoms with Crippen LogP contribution in [-0.4, -0.2) is 81.8 Å². The molecule has 2 aromatic rings. The van der Waals surface area contributed by atoms with E-state index in [1.54, 1.807) is 13.2 Å². The third-order valence-corrected chi connectivity index (χ3v) is 8.25. The third-order valence-electron chi connectivity index (χ3n) is 7.05. The SMILES string of the molecule is COc1ccccc1CN1CCCN(C2CCN(Cc3ccccc3S(C)(=O)=O)CC2)CC1. The van der Waals surface area contributed by atoms with Crippen molar-refractivity contribution >= 4 is 9.84 Å². The molecule has 0 N–H and O–H groups in total. The summed E-state index contributed by atoms with van der Waals surface area (Å²) in [5, 5.41) is 0. The van der Waals surface area contributed by atoms with Gasteiger partial charge in [0, 0.05) is 44.0 Å². The zero-order valence-corrected chi connectivity index (χ0v) is 20.8. The second-order valence-corrected chi connectivity index (χ2v) is 11.3. The summed E-state index contributed by atoms with van der Waals surface area (Å²) in [6.45, 7) is 8.16. The van der Waals surface area contributed by atoms with Gasteiger partial charge in [0.15, 0.2) is 9.84 Å². The number of rotatable bonds is 7. The predicted molar refractivity (Wildman–Crippen MR) is 132 cm³/mol. The molecular weight excluding hydrogens is 434 g/mol. The van der Waals surface area contributed by atoms with Crippen LogP contribution in [0.2, 0.25) is 0 Å². The molecule has 0 aliphatic carbocycles. The number of likely N-dealkylation sites (tertiary alicyclic amines) is 1. The van der Waals surface area contributed by atoms with Gasteiger partial charge in [-0.15, -0.1) is 0 Å². The average Bonchev–Trinajstić information content (AvgIpc) is 3.05. The maximum Gasteiger partial charge on any atom is 0.175 e. The van der Waals surface area contributed by atoms with Crippen molar-refractivity contribution in [1.82, 2.24) is 14.7 Å². The van der Waals surface area contributed by atoms with Gasteiger partial charge in [-0.3, -0.25) is 14.7 Å². The highest BCUT2D eigenvalue weighted by molar-refractivity contribution is 7.90. The second kappa shape index (κ2) is 11.0. The van der Waals surface area contributed by atoms with Crippen molar-refractivity contribution in [3.05, 3.63) is 59.7 Å². The van der Waals surface area contributed by atoms with Gasteiger partial charge < -0.3 is 4.74 Å². The first kappa shape index (κ1) is 24.2.